The van der Waals surface area contributed by atoms with E-state index in [0.717, 1.165) is 25.3 Å². The van der Waals surface area contributed by atoms with Crippen LogP contribution in [0, 0.1) is 5.41 Å². The largest absolute Gasteiger partial charge is 0.481 e. The first-order valence-corrected chi connectivity index (χ1v) is 9.32. The molecule has 1 aromatic carbocycles. The number of hydrogen-bond donors (Lipinski definition) is 2. The first-order chi connectivity index (χ1) is 12.0. The van der Waals surface area contributed by atoms with Crippen LogP contribution < -0.4 is 5.32 Å². The van der Waals surface area contributed by atoms with Crippen LogP contribution >= 0.6 is 0 Å². The molecule has 1 aromatic rings. The predicted molar refractivity (Wildman–Crippen MR) is 99.4 cm³/mol. The Labute approximate surface area is 150 Å². The second kappa shape index (κ2) is 8.48. The zero-order valence-electron chi connectivity index (χ0n) is 15.6. The van der Waals surface area contributed by atoms with Crippen LogP contribution in [0.1, 0.15) is 64.0 Å². The number of nitrogens with zero attached hydrogens (tertiary/aromatic N) is 1. The van der Waals surface area contributed by atoms with E-state index in [1.54, 1.807) is 0 Å². The number of carboxylic acid groups (broad SMARTS) is 1. The normalized spacial score (nSPS) is 14.4. The van der Waals surface area contributed by atoms with E-state index in [9.17, 15) is 14.7 Å². The molecule has 0 fully saturated rings. The SMILES string of the molecule is CCCCN1Cc2cccc(NC(=O)CC(CC)(CC)C(=O)O)c2C1. The van der Waals surface area contributed by atoms with Gasteiger partial charge in [0.1, 0.15) is 0 Å². The quantitative estimate of drug-likeness (QED) is 0.708. The van der Waals surface area contributed by atoms with Gasteiger partial charge in [-0.1, -0.05) is 39.3 Å². The number of carboxylic acids is 1. The van der Waals surface area contributed by atoms with Crippen molar-refractivity contribution in [1.29, 1.82) is 0 Å². The molecule has 0 unspecified atom stereocenters. The van der Waals surface area contributed by atoms with Gasteiger partial charge < -0.3 is 10.4 Å². The summed E-state index contributed by atoms with van der Waals surface area (Å²) in [5.41, 5.74) is 2.27. The van der Waals surface area contributed by atoms with Gasteiger partial charge in [0.2, 0.25) is 5.91 Å². The number of carbonyl (C=O) groups is 2. The highest BCUT2D eigenvalue weighted by Gasteiger charge is 2.37. The number of rotatable bonds is 9. The minimum Gasteiger partial charge on any atom is -0.481 e. The van der Waals surface area contributed by atoms with Crippen LogP contribution in [0.15, 0.2) is 18.2 Å². The minimum atomic E-state index is -0.977. The predicted octanol–water partition coefficient (Wildman–Crippen LogP) is 4.02. The number of amides is 1. The fourth-order valence-electron chi connectivity index (χ4n) is 3.53. The molecule has 2 rings (SSSR count). The Kier molecular flexibility index (Phi) is 6.59. The third kappa shape index (κ3) is 4.40. The summed E-state index contributed by atoms with van der Waals surface area (Å²) in [6, 6.07) is 5.98. The number of aliphatic carboxylic acids is 1. The Hall–Kier alpha value is -1.88. The summed E-state index contributed by atoms with van der Waals surface area (Å²) in [6.45, 7) is 8.67. The van der Waals surface area contributed by atoms with E-state index in [4.69, 9.17) is 0 Å². The van der Waals surface area contributed by atoms with Gasteiger partial charge in [0, 0.05) is 25.2 Å². The van der Waals surface area contributed by atoms with E-state index in [0.29, 0.717) is 12.8 Å². The molecular weight excluding hydrogens is 316 g/mol. The summed E-state index contributed by atoms with van der Waals surface area (Å²) in [7, 11) is 0. The number of hydrogen-bond acceptors (Lipinski definition) is 3. The van der Waals surface area contributed by atoms with Gasteiger partial charge >= 0.3 is 5.97 Å². The number of anilines is 1. The summed E-state index contributed by atoms with van der Waals surface area (Å²) < 4.78 is 0. The first-order valence-electron chi connectivity index (χ1n) is 9.32. The molecule has 138 valence electrons. The minimum absolute atomic E-state index is 0.0125. The molecule has 0 radical (unpaired) electrons. The van der Waals surface area contributed by atoms with Crippen molar-refractivity contribution in [2.75, 3.05) is 11.9 Å². The Morgan fingerprint density at radius 2 is 1.92 bits per heavy atom. The average molecular weight is 346 g/mol. The van der Waals surface area contributed by atoms with Crippen LogP contribution in [0.2, 0.25) is 0 Å². The summed E-state index contributed by atoms with van der Waals surface area (Å²) >= 11 is 0. The van der Waals surface area contributed by atoms with Crippen LogP contribution in [-0.2, 0) is 22.7 Å². The van der Waals surface area contributed by atoms with Gasteiger partial charge in [0.25, 0.3) is 0 Å². The molecule has 1 heterocycles. The van der Waals surface area contributed by atoms with Crippen LogP contribution in [-0.4, -0.2) is 28.4 Å². The van der Waals surface area contributed by atoms with Crippen molar-refractivity contribution in [3.63, 3.8) is 0 Å². The number of carbonyl (C=O) groups excluding carboxylic acids is 1. The lowest BCUT2D eigenvalue weighted by molar-refractivity contribution is -0.151. The first kappa shape index (κ1) is 19.4. The highest BCUT2D eigenvalue weighted by Crippen LogP contribution is 2.33. The van der Waals surface area contributed by atoms with Gasteiger partial charge in [0.05, 0.1) is 5.41 Å². The maximum absolute atomic E-state index is 12.5. The lowest BCUT2D eigenvalue weighted by Crippen LogP contribution is -2.34. The zero-order valence-corrected chi connectivity index (χ0v) is 15.6. The molecule has 2 N–H and O–H groups in total. The van der Waals surface area contributed by atoms with Gasteiger partial charge in [-0.25, -0.2) is 0 Å². The topological polar surface area (TPSA) is 69.6 Å². The molecule has 0 aliphatic carbocycles. The van der Waals surface area contributed by atoms with Gasteiger partial charge in [-0.2, -0.15) is 0 Å². The summed E-state index contributed by atoms with van der Waals surface area (Å²) in [5, 5.41) is 12.5. The van der Waals surface area contributed by atoms with E-state index < -0.39 is 11.4 Å². The second-order valence-electron chi connectivity index (χ2n) is 7.03. The van der Waals surface area contributed by atoms with E-state index in [1.807, 2.05) is 26.0 Å². The second-order valence-corrected chi connectivity index (χ2v) is 7.03. The zero-order chi connectivity index (χ0) is 18.4. The molecule has 0 aromatic heterocycles. The molecule has 0 bridgehead atoms. The van der Waals surface area contributed by atoms with Crippen molar-refractivity contribution >= 4 is 17.6 Å². The molecule has 0 saturated carbocycles. The van der Waals surface area contributed by atoms with E-state index in [-0.39, 0.29) is 12.3 Å². The number of nitrogens with one attached hydrogen (secondary N) is 1. The number of unbranched alkanes of at least 4 members (excludes halogenated alkanes) is 1. The third-order valence-electron chi connectivity index (χ3n) is 5.46. The van der Waals surface area contributed by atoms with Crippen molar-refractivity contribution in [3.8, 4) is 0 Å². The molecule has 5 heteroatoms. The standard InChI is InChI=1S/C20H30N2O3/c1-4-7-11-22-13-15-9-8-10-17(16(15)14-22)21-18(23)12-20(5-2,6-3)19(24)25/h8-10H,4-7,11-14H2,1-3H3,(H,21,23)(H,24,25). The van der Waals surface area contributed by atoms with Crippen LogP contribution in [0.4, 0.5) is 5.69 Å². The Bertz CT molecular complexity index is 623. The fraction of sp³-hybridized carbons (Fsp3) is 0.600. The molecule has 0 spiro atoms. The fourth-order valence-corrected chi connectivity index (χ4v) is 3.53. The third-order valence-corrected chi connectivity index (χ3v) is 5.46. The van der Waals surface area contributed by atoms with Crippen molar-refractivity contribution in [3.05, 3.63) is 29.3 Å². The van der Waals surface area contributed by atoms with Crippen molar-refractivity contribution in [2.45, 2.75) is 66.0 Å². The highest BCUT2D eigenvalue weighted by molar-refractivity contribution is 5.95. The molecule has 1 amide bonds. The van der Waals surface area contributed by atoms with Crippen molar-refractivity contribution in [1.82, 2.24) is 4.90 Å². The maximum Gasteiger partial charge on any atom is 0.310 e. The Morgan fingerprint density at radius 3 is 2.52 bits per heavy atom. The molecule has 1 aliphatic rings. The summed E-state index contributed by atoms with van der Waals surface area (Å²) in [6.07, 6.45) is 3.25. The van der Waals surface area contributed by atoms with Crippen molar-refractivity contribution < 1.29 is 14.7 Å². The van der Waals surface area contributed by atoms with Gasteiger partial charge in [-0.05, 0) is 43.0 Å². The van der Waals surface area contributed by atoms with Crippen LogP contribution in [0.25, 0.3) is 0 Å². The van der Waals surface area contributed by atoms with Crippen LogP contribution in [0.3, 0.4) is 0 Å². The van der Waals surface area contributed by atoms with E-state index in [2.05, 4.69) is 23.2 Å². The van der Waals surface area contributed by atoms with Crippen LogP contribution in [0.5, 0.6) is 0 Å². The molecule has 5 nitrogen and oxygen atoms in total. The highest BCUT2D eigenvalue weighted by atomic mass is 16.4. The average Bonchev–Trinajstić information content (AvgIpc) is 3.01. The molecule has 25 heavy (non-hydrogen) atoms. The monoisotopic (exact) mass is 346 g/mol. The smallest absolute Gasteiger partial charge is 0.310 e. The van der Waals surface area contributed by atoms with Gasteiger partial charge in [-0.3, -0.25) is 14.5 Å². The molecule has 1 aliphatic heterocycles. The number of fused-ring (bicyclic) bond motifs is 1. The number of benzene rings is 1. The summed E-state index contributed by atoms with van der Waals surface area (Å²) in [4.78, 5) is 26.5. The lowest BCUT2D eigenvalue weighted by Gasteiger charge is -2.26. The van der Waals surface area contributed by atoms with Gasteiger partial charge in [-0.15, -0.1) is 0 Å². The van der Waals surface area contributed by atoms with E-state index in [1.165, 1.54) is 24.0 Å². The Morgan fingerprint density at radius 1 is 1.20 bits per heavy atom. The van der Waals surface area contributed by atoms with Gasteiger partial charge in [0.15, 0.2) is 0 Å². The van der Waals surface area contributed by atoms with Crippen molar-refractivity contribution in [2.24, 2.45) is 5.41 Å². The lowest BCUT2D eigenvalue weighted by atomic mass is 9.79. The molecular formula is C20H30N2O3. The maximum atomic E-state index is 12.5. The molecule has 0 atom stereocenters. The van der Waals surface area contributed by atoms with E-state index >= 15 is 0 Å². The Balaban J connectivity index is 2.08. The molecule has 0 saturated heterocycles. The summed E-state index contributed by atoms with van der Waals surface area (Å²) in [5.74, 6) is -1.11.